The quantitative estimate of drug-likeness (QED) is 0.594. The minimum Gasteiger partial charge on any atom is -0.504 e. The fourth-order valence-corrected chi connectivity index (χ4v) is 2.11. The predicted octanol–water partition coefficient (Wildman–Crippen LogP) is 2.34. The molecule has 5 heteroatoms. The first-order valence-corrected chi connectivity index (χ1v) is 6.67. The highest BCUT2D eigenvalue weighted by Crippen LogP contribution is 2.29. The Hall–Kier alpha value is -2.69. The van der Waals surface area contributed by atoms with Crippen molar-refractivity contribution in [2.75, 3.05) is 12.3 Å². The van der Waals surface area contributed by atoms with Gasteiger partial charge in [-0.25, -0.2) is 0 Å². The number of nitrogens with zero attached hydrogens (tertiary/aromatic N) is 1. The molecule has 110 valence electrons. The minimum absolute atomic E-state index is 0.0840. The van der Waals surface area contributed by atoms with Crippen LogP contribution in [-0.4, -0.2) is 27.6 Å². The van der Waals surface area contributed by atoms with Gasteiger partial charge in [0.1, 0.15) is 0 Å². The summed E-state index contributed by atoms with van der Waals surface area (Å²) in [5.41, 5.74) is 7.36. The maximum atomic E-state index is 12.5. The number of anilines is 1. The number of nitrogens with two attached hydrogens (primary N) is 1. The first-order chi connectivity index (χ1) is 10.0. The summed E-state index contributed by atoms with van der Waals surface area (Å²) in [5, 5.41) is 19.3. The van der Waals surface area contributed by atoms with Crippen LogP contribution >= 0.6 is 0 Å². The monoisotopic (exact) mass is 286 g/mol. The van der Waals surface area contributed by atoms with Crippen molar-refractivity contribution < 1.29 is 15.0 Å². The van der Waals surface area contributed by atoms with E-state index in [4.69, 9.17) is 5.73 Å². The van der Waals surface area contributed by atoms with Gasteiger partial charge in [0.2, 0.25) is 0 Å². The second-order valence-electron chi connectivity index (χ2n) is 4.74. The number of carbonyl (C=O) groups is 1. The van der Waals surface area contributed by atoms with Gasteiger partial charge in [-0.1, -0.05) is 18.2 Å². The number of phenols is 2. The number of para-hydroxylation sites is 1. The van der Waals surface area contributed by atoms with E-state index < -0.39 is 5.75 Å². The van der Waals surface area contributed by atoms with E-state index in [-0.39, 0.29) is 17.2 Å². The number of benzene rings is 2. The molecule has 1 amide bonds. The molecule has 0 heterocycles. The summed E-state index contributed by atoms with van der Waals surface area (Å²) >= 11 is 0. The third-order valence-electron chi connectivity index (χ3n) is 3.24. The summed E-state index contributed by atoms with van der Waals surface area (Å²) in [6.45, 7) is 2.71. The van der Waals surface area contributed by atoms with E-state index in [0.29, 0.717) is 18.8 Å². The molecule has 5 nitrogen and oxygen atoms in total. The number of hydrogen-bond acceptors (Lipinski definition) is 4. The highest BCUT2D eigenvalue weighted by atomic mass is 16.3. The van der Waals surface area contributed by atoms with Crippen molar-refractivity contribution in [3.05, 3.63) is 53.6 Å². The molecular weight excluding hydrogens is 268 g/mol. The van der Waals surface area contributed by atoms with Gasteiger partial charge in [-0.2, -0.15) is 0 Å². The van der Waals surface area contributed by atoms with Crippen molar-refractivity contribution in [1.82, 2.24) is 4.90 Å². The molecular formula is C16H18N2O3. The van der Waals surface area contributed by atoms with Crippen LogP contribution in [0.1, 0.15) is 22.8 Å². The molecule has 0 unspecified atom stereocenters. The maximum Gasteiger partial charge on any atom is 0.258 e. The van der Waals surface area contributed by atoms with Crippen LogP contribution < -0.4 is 5.73 Å². The molecule has 2 aromatic rings. The van der Waals surface area contributed by atoms with E-state index in [2.05, 4.69) is 0 Å². The van der Waals surface area contributed by atoms with Gasteiger partial charge in [-0.05, 0) is 36.8 Å². The van der Waals surface area contributed by atoms with Crippen molar-refractivity contribution in [2.24, 2.45) is 0 Å². The highest BCUT2D eigenvalue weighted by Gasteiger charge is 2.19. The molecule has 0 saturated carbocycles. The van der Waals surface area contributed by atoms with E-state index in [1.54, 1.807) is 17.0 Å². The molecule has 2 aromatic carbocycles. The summed E-state index contributed by atoms with van der Waals surface area (Å²) in [4.78, 5) is 14.0. The van der Waals surface area contributed by atoms with Gasteiger partial charge in [0.05, 0.1) is 5.56 Å². The Morgan fingerprint density at radius 1 is 1.19 bits per heavy atom. The van der Waals surface area contributed by atoms with E-state index in [9.17, 15) is 15.0 Å². The predicted molar refractivity (Wildman–Crippen MR) is 81.0 cm³/mol. The number of rotatable bonds is 4. The number of carbonyl (C=O) groups excluding carboxylic acids is 1. The number of nitrogen functional groups attached to an aromatic ring is 1. The SMILES string of the molecule is CCN(Cc1cccc(N)c1)C(=O)c1cccc(O)c1O. The molecule has 0 saturated heterocycles. The van der Waals surface area contributed by atoms with Crippen LogP contribution in [0.15, 0.2) is 42.5 Å². The van der Waals surface area contributed by atoms with Crippen LogP contribution in [0.4, 0.5) is 5.69 Å². The van der Waals surface area contributed by atoms with Crippen LogP contribution in [0.5, 0.6) is 11.5 Å². The molecule has 0 aliphatic carbocycles. The van der Waals surface area contributed by atoms with Crippen LogP contribution in [0, 0.1) is 0 Å². The molecule has 21 heavy (non-hydrogen) atoms. The minimum atomic E-state index is -0.395. The lowest BCUT2D eigenvalue weighted by Crippen LogP contribution is -2.30. The first kappa shape index (κ1) is 14.7. The van der Waals surface area contributed by atoms with E-state index in [1.807, 2.05) is 19.1 Å². The largest absolute Gasteiger partial charge is 0.504 e. The van der Waals surface area contributed by atoms with Gasteiger partial charge in [0, 0.05) is 18.8 Å². The zero-order valence-corrected chi connectivity index (χ0v) is 11.8. The van der Waals surface area contributed by atoms with E-state index in [1.165, 1.54) is 18.2 Å². The lowest BCUT2D eigenvalue weighted by Gasteiger charge is -2.21. The van der Waals surface area contributed by atoms with Crippen molar-refractivity contribution in [1.29, 1.82) is 0 Å². The van der Waals surface area contributed by atoms with Crippen LogP contribution in [0.25, 0.3) is 0 Å². The fourth-order valence-electron chi connectivity index (χ4n) is 2.11. The second-order valence-corrected chi connectivity index (χ2v) is 4.74. The summed E-state index contributed by atoms with van der Waals surface area (Å²) in [5.74, 6) is -1.04. The lowest BCUT2D eigenvalue weighted by molar-refractivity contribution is 0.0749. The maximum absolute atomic E-state index is 12.5. The number of aromatic hydroxyl groups is 2. The zero-order valence-electron chi connectivity index (χ0n) is 11.8. The van der Waals surface area contributed by atoms with Crippen LogP contribution in [-0.2, 0) is 6.54 Å². The summed E-state index contributed by atoms with van der Waals surface area (Å²) in [6, 6.07) is 11.6. The molecule has 0 spiro atoms. The third-order valence-corrected chi connectivity index (χ3v) is 3.24. The molecule has 4 N–H and O–H groups in total. The lowest BCUT2D eigenvalue weighted by atomic mass is 10.1. The number of hydrogen-bond donors (Lipinski definition) is 3. The number of phenolic OH excluding ortho intramolecular Hbond substituents is 2. The number of amides is 1. The summed E-state index contributed by atoms with van der Waals surface area (Å²) in [7, 11) is 0. The highest BCUT2D eigenvalue weighted by molar-refractivity contribution is 5.97. The van der Waals surface area contributed by atoms with Crippen molar-refractivity contribution in [3.8, 4) is 11.5 Å². The molecule has 0 radical (unpaired) electrons. The topological polar surface area (TPSA) is 86.8 Å². The zero-order chi connectivity index (χ0) is 15.4. The Kier molecular flexibility index (Phi) is 4.33. The molecule has 0 atom stereocenters. The van der Waals surface area contributed by atoms with Crippen molar-refractivity contribution in [2.45, 2.75) is 13.5 Å². The van der Waals surface area contributed by atoms with E-state index in [0.717, 1.165) is 5.56 Å². The first-order valence-electron chi connectivity index (χ1n) is 6.67. The normalized spacial score (nSPS) is 10.3. The molecule has 2 rings (SSSR count). The Balaban J connectivity index is 2.25. The average Bonchev–Trinajstić information content (AvgIpc) is 2.47. The van der Waals surface area contributed by atoms with Gasteiger partial charge < -0.3 is 20.8 Å². The Morgan fingerprint density at radius 2 is 1.90 bits per heavy atom. The average molecular weight is 286 g/mol. The molecule has 0 aliphatic heterocycles. The standard InChI is InChI=1S/C16H18N2O3/c1-2-18(10-11-5-3-6-12(17)9-11)16(21)13-7-4-8-14(19)15(13)20/h3-9,19-20H,2,10,17H2,1H3. The molecule has 0 fully saturated rings. The van der Waals surface area contributed by atoms with Gasteiger partial charge in [-0.3, -0.25) is 4.79 Å². The van der Waals surface area contributed by atoms with Gasteiger partial charge in [-0.15, -0.1) is 0 Å². The van der Waals surface area contributed by atoms with Crippen LogP contribution in [0.2, 0.25) is 0 Å². The van der Waals surface area contributed by atoms with Gasteiger partial charge in [0.25, 0.3) is 5.91 Å². The van der Waals surface area contributed by atoms with Gasteiger partial charge in [0.15, 0.2) is 11.5 Å². The van der Waals surface area contributed by atoms with Crippen molar-refractivity contribution >= 4 is 11.6 Å². The fraction of sp³-hybridized carbons (Fsp3) is 0.188. The van der Waals surface area contributed by atoms with Gasteiger partial charge >= 0.3 is 0 Å². The third kappa shape index (κ3) is 3.25. The van der Waals surface area contributed by atoms with Crippen molar-refractivity contribution in [3.63, 3.8) is 0 Å². The molecule has 0 aliphatic rings. The Bertz CT molecular complexity index is 656. The smallest absolute Gasteiger partial charge is 0.258 e. The Labute approximate surface area is 123 Å². The molecule has 0 aromatic heterocycles. The summed E-state index contributed by atoms with van der Waals surface area (Å²) in [6.07, 6.45) is 0. The second kappa shape index (κ2) is 6.17. The van der Waals surface area contributed by atoms with E-state index >= 15 is 0 Å². The Morgan fingerprint density at radius 3 is 2.57 bits per heavy atom. The summed E-state index contributed by atoms with van der Waals surface area (Å²) < 4.78 is 0. The van der Waals surface area contributed by atoms with Crippen LogP contribution in [0.3, 0.4) is 0 Å². The molecule has 0 bridgehead atoms.